The molecule has 1 aromatic heterocycles. The highest BCUT2D eigenvalue weighted by atomic mass is 19.1. The van der Waals surface area contributed by atoms with E-state index in [4.69, 9.17) is 0 Å². The van der Waals surface area contributed by atoms with Gasteiger partial charge in [-0.25, -0.2) is 4.98 Å². The molecule has 0 unspecified atom stereocenters. The topological polar surface area (TPSA) is 77.6 Å². The molecule has 3 aliphatic rings. The molecule has 2 amide bonds. The van der Waals surface area contributed by atoms with Crippen molar-refractivity contribution in [2.75, 3.05) is 36.9 Å². The number of carbonyl (C=O) groups excluding carboxylic acids is 2. The molecule has 1 aromatic carbocycles. The summed E-state index contributed by atoms with van der Waals surface area (Å²) in [6.07, 6.45) is 4.69. The zero-order chi connectivity index (χ0) is 22.2. The Morgan fingerprint density at radius 1 is 1.28 bits per heavy atom. The number of amides is 2. The van der Waals surface area contributed by atoms with Crippen LogP contribution in [0.5, 0.6) is 0 Å². The maximum Gasteiger partial charge on any atom is 0.269 e. The number of hydrogen-bond donors (Lipinski definition) is 2. The van der Waals surface area contributed by atoms with Crippen LogP contribution in [0.2, 0.25) is 0 Å². The highest BCUT2D eigenvalue weighted by Gasteiger charge is 2.36. The molecular weight excluding hydrogens is 409 g/mol. The zero-order valence-electron chi connectivity index (χ0n) is 18.0. The van der Waals surface area contributed by atoms with Crippen molar-refractivity contribution in [1.82, 2.24) is 15.2 Å². The quantitative estimate of drug-likeness (QED) is 0.723. The molecule has 1 atom stereocenters. The van der Waals surface area contributed by atoms with E-state index in [-0.39, 0.29) is 17.6 Å². The summed E-state index contributed by atoms with van der Waals surface area (Å²) in [4.78, 5) is 32.3. The maximum atomic E-state index is 14.5. The van der Waals surface area contributed by atoms with E-state index >= 15 is 0 Å². The van der Waals surface area contributed by atoms with Crippen molar-refractivity contribution in [1.29, 1.82) is 0 Å². The van der Waals surface area contributed by atoms with E-state index in [9.17, 15) is 14.0 Å². The van der Waals surface area contributed by atoms with Crippen molar-refractivity contribution in [3.8, 4) is 0 Å². The number of carbonyl (C=O) groups is 2. The molecule has 0 saturated carbocycles. The Balaban J connectivity index is 1.27. The summed E-state index contributed by atoms with van der Waals surface area (Å²) < 4.78 is 14.5. The van der Waals surface area contributed by atoms with E-state index in [1.807, 2.05) is 6.08 Å². The summed E-state index contributed by atoms with van der Waals surface area (Å²) in [5, 5.41) is 5.53. The van der Waals surface area contributed by atoms with Crippen molar-refractivity contribution >= 4 is 28.8 Å². The lowest BCUT2D eigenvalue weighted by molar-refractivity contribution is -0.117. The number of rotatable bonds is 4. The molecule has 2 N–H and O–H groups in total. The van der Waals surface area contributed by atoms with Gasteiger partial charge in [-0.1, -0.05) is 12.1 Å². The minimum atomic E-state index is -0.614. The second-order valence-electron chi connectivity index (χ2n) is 8.52. The van der Waals surface area contributed by atoms with Gasteiger partial charge in [-0.15, -0.1) is 0 Å². The lowest BCUT2D eigenvalue weighted by atomic mass is 9.99. The largest absolute Gasteiger partial charge is 0.358 e. The number of aromatic nitrogens is 1. The first-order valence-corrected chi connectivity index (χ1v) is 11.0. The predicted molar refractivity (Wildman–Crippen MR) is 121 cm³/mol. The van der Waals surface area contributed by atoms with Gasteiger partial charge < -0.3 is 15.5 Å². The predicted octanol–water partition coefficient (Wildman–Crippen LogP) is 2.79. The second-order valence-corrected chi connectivity index (χ2v) is 8.52. The van der Waals surface area contributed by atoms with Gasteiger partial charge in [-0.05, 0) is 54.7 Å². The molecule has 0 aliphatic carbocycles. The van der Waals surface area contributed by atoms with Crippen LogP contribution in [0.15, 0.2) is 36.4 Å². The van der Waals surface area contributed by atoms with Crippen LogP contribution >= 0.6 is 0 Å². The standard InChI is InChI=1S/C24H26FN5O2/c1-26-23(31)18-6-5-17(22(25)27-18)16-8-11-29(12-9-16)14-15-4-7-20-19(13-15)28-24(32)21-3-2-10-30(20)21/h4-8,13,21H,2-3,9-12,14H2,1H3,(H,26,31)(H,28,32)/t21-/m0/s1. The van der Waals surface area contributed by atoms with Crippen LogP contribution in [-0.4, -0.2) is 54.4 Å². The fourth-order valence-corrected chi connectivity index (χ4v) is 4.86. The van der Waals surface area contributed by atoms with Crippen molar-refractivity contribution < 1.29 is 14.0 Å². The van der Waals surface area contributed by atoms with Gasteiger partial charge in [0.2, 0.25) is 11.9 Å². The van der Waals surface area contributed by atoms with E-state index in [0.29, 0.717) is 18.5 Å². The molecule has 4 heterocycles. The maximum absolute atomic E-state index is 14.5. The van der Waals surface area contributed by atoms with Crippen LogP contribution in [0.3, 0.4) is 0 Å². The van der Waals surface area contributed by atoms with Crippen molar-refractivity contribution in [3.63, 3.8) is 0 Å². The number of nitrogens with zero attached hydrogens (tertiary/aromatic N) is 3. The van der Waals surface area contributed by atoms with Crippen molar-refractivity contribution in [2.24, 2.45) is 0 Å². The van der Waals surface area contributed by atoms with E-state index in [2.05, 4.69) is 43.6 Å². The zero-order valence-corrected chi connectivity index (χ0v) is 18.0. The number of benzene rings is 1. The molecule has 0 spiro atoms. The number of fused-ring (bicyclic) bond motifs is 3. The number of halogens is 1. The summed E-state index contributed by atoms with van der Waals surface area (Å²) in [6, 6.07) is 9.47. The first-order chi connectivity index (χ1) is 15.5. The summed E-state index contributed by atoms with van der Waals surface area (Å²) >= 11 is 0. The summed E-state index contributed by atoms with van der Waals surface area (Å²) in [5.74, 6) is -0.923. The van der Waals surface area contributed by atoms with Gasteiger partial charge in [0, 0.05) is 38.8 Å². The summed E-state index contributed by atoms with van der Waals surface area (Å²) in [6.45, 7) is 3.18. The lowest BCUT2D eigenvalue weighted by Gasteiger charge is -2.33. The van der Waals surface area contributed by atoms with Crippen molar-refractivity contribution in [3.05, 3.63) is 59.2 Å². The van der Waals surface area contributed by atoms with Gasteiger partial charge >= 0.3 is 0 Å². The van der Waals surface area contributed by atoms with Gasteiger partial charge in [0.25, 0.3) is 5.91 Å². The summed E-state index contributed by atoms with van der Waals surface area (Å²) in [7, 11) is 1.49. The van der Waals surface area contributed by atoms with Gasteiger partial charge in [0.05, 0.1) is 11.4 Å². The van der Waals surface area contributed by atoms with Crippen LogP contribution in [0.4, 0.5) is 15.8 Å². The average molecular weight is 436 g/mol. The number of hydrogen-bond acceptors (Lipinski definition) is 5. The van der Waals surface area contributed by atoms with Gasteiger partial charge in [-0.3, -0.25) is 14.5 Å². The second kappa shape index (κ2) is 8.35. The molecule has 32 heavy (non-hydrogen) atoms. The van der Waals surface area contributed by atoms with E-state index in [1.165, 1.54) is 7.05 Å². The van der Waals surface area contributed by atoms with Crippen molar-refractivity contribution in [2.45, 2.75) is 31.8 Å². The van der Waals surface area contributed by atoms with Gasteiger partial charge in [0.1, 0.15) is 11.7 Å². The van der Waals surface area contributed by atoms with Crippen LogP contribution in [0.1, 0.15) is 40.9 Å². The highest BCUT2D eigenvalue weighted by Crippen LogP contribution is 2.37. The molecule has 0 radical (unpaired) electrons. The smallest absolute Gasteiger partial charge is 0.269 e. The van der Waals surface area contributed by atoms with E-state index in [1.54, 1.807) is 12.1 Å². The molecular formula is C24H26FN5O2. The SMILES string of the molecule is CNC(=O)c1ccc(C2=CCN(Cc3ccc4c(c3)NC(=O)[C@@H]3CCCN43)CC2)c(F)n1. The Bertz CT molecular complexity index is 1120. The van der Waals surface area contributed by atoms with Gasteiger partial charge in [-0.2, -0.15) is 4.39 Å². The average Bonchev–Trinajstić information content (AvgIpc) is 3.30. The fourth-order valence-electron chi connectivity index (χ4n) is 4.86. The summed E-state index contributed by atoms with van der Waals surface area (Å²) in [5.41, 5.74) is 4.58. The molecule has 8 heteroatoms. The van der Waals surface area contributed by atoms with Crippen LogP contribution in [-0.2, 0) is 11.3 Å². The molecule has 166 valence electrons. The Morgan fingerprint density at radius 2 is 2.16 bits per heavy atom. The lowest BCUT2D eigenvalue weighted by Crippen LogP contribution is -2.43. The molecule has 3 aliphatic heterocycles. The Morgan fingerprint density at radius 3 is 2.91 bits per heavy atom. The number of pyridine rings is 1. The molecule has 1 fully saturated rings. The number of anilines is 2. The minimum absolute atomic E-state index is 0.0284. The van der Waals surface area contributed by atoms with Crippen LogP contribution < -0.4 is 15.5 Å². The monoisotopic (exact) mass is 435 g/mol. The Kier molecular flexibility index (Phi) is 5.38. The Labute approximate surface area is 186 Å². The third kappa shape index (κ3) is 3.75. The molecule has 5 rings (SSSR count). The highest BCUT2D eigenvalue weighted by molar-refractivity contribution is 6.04. The first kappa shape index (κ1) is 20.6. The third-order valence-electron chi connectivity index (χ3n) is 6.54. The third-order valence-corrected chi connectivity index (χ3v) is 6.54. The van der Waals surface area contributed by atoms with Gasteiger partial charge in [0.15, 0.2) is 0 Å². The normalized spacial score (nSPS) is 20.3. The van der Waals surface area contributed by atoms with E-state index in [0.717, 1.165) is 55.0 Å². The fraction of sp³-hybridized carbons (Fsp3) is 0.375. The Hall–Kier alpha value is -3.26. The van der Waals surface area contributed by atoms with Crippen LogP contribution in [0, 0.1) is 5.95 Å². The first-order valence-electron chi connectivity index (χ1n) is 11.0. The van der Waals surface area contributed by atoms with Crippen LogP contribution in [0.25, 0.3) is 5.57 Å². The molecule has 7 nitrogen and oxygen atoms in total. The van der Waals surface area contributed by atoms with E-state index < -0.39 is 11.9 Å². The number of nitrogens with one attached hydrogen (secondary N) is 2. The molecule has 2 aromatic rings. The molecule has 0 bridgehead atoms. The minimum Gasteiger partial charge on any atom is -0.358 e. The molecule has 1 saturated heterocycles.